The number of epoxide rings is 2. The maximum atomic E-state index is 13.1. The minimum absolute atomic E-state index is 0.128. The summed E-state index contributed by atoms with van der Waals surface area (Å²) in [5, 5.41) is 0. The van der Waals surface area contributed by atoms with Crippen molar-refractivity contribution < 1.29 is 52.4 Å². The number of carbonyl (C=O) groups excluding carboxylic acids is 5. The third-order valence-electron chi connectivity index (χ3n) is 9.28. The minimum atomic E-state index is -1.43. The van der Waals surface area contributed by atoms with Crippen LogP contribution in [0.25, 0.3) is 0 Å². The Morgan fingerprint density at radius 3 is 2.23 bits per heavy atom. The molecule has 0 N–H and O–H groups in total. The molecule has 214 valence electrons. The molecule has 3 saturated heterocycles. The molecule has 1 saturated carbocycles. The summed E-state index contributed by atoms with van der Waals surface area (Å²) in [6.45, 7) is 11.2. The van der Waals surface area contributed by atoms with Gasteiger partial charge in [-0.05, 0) is 26.3 Å². The zero-order valence-electron chi connectivity index (χ0n) is 23.3. The van der Waals surface area contributed by atoms with E-state index in [2.05, 4.69) is 0 Å². The van der Waals surface area contributed by atoms with Crippen LogP contribution < -0.4 is 0 Å². The summed E-state index contributed by atoms with van der Waals surface area (Å²) in [6.07, 6.45) is -0.970. The summed E-state index contributed by atoms with van der Waals surface area (Å²) in [4.78, 5) is 64.1. The lowest BCUT2D eigenvalue weighted by molar-refractivity contribution is -0.197. The Morgan fingerprint density at radius 2 is 1.64 bits per heavy atom. The Labute approximate surface area is 226 Å². The van der Waals surface area contributed by atoms with Gasteiger partial charge in [-0.15, -0.1) is 0 Å². The summed E-state index contributed by atoms with van der Waals surface area (Å²) in [6, 6.07) is 0. The lowest BCUT2D eigenvalue weighted by Gasteiger charge is -2.51. The Hall–Kier alpha value is -2.79. The summed E-state index contributed by atoms with van der Waals surface area (Å²) in [5.74, 6) is -4.18. The van der Waals surface area contributed by atoms with Crippen LogP contribution in [-0.4, -0.2) is 77.0 Å². The van der Waals surface area contributed by atoms with E-state index in [9.17, 15) is 24.0 Å². The van der Waals surface area contributed by atoms with Gasteiger partial charge in [-0.25, -0.2) is 4.79 Å². The molecule has 39 heavy (non-hydrogen) atoms. The van der Waals surface area contributed by atoms with Crippen molar-refractivity contribution in [2.24, 2.45) is 17.3 Å². The molecule has 3 heterocycles. The van der Waals surface area contributed by atoms with Crippen molar-refractivity contribution in [3.63, 3.8) is 0 Å². The van der Waals surface area contributed by atoms with Gasteiger partial charge in [-0.1, -0.05) is 26.8 Å². The molecule has 0 amide bonds. The van der Waals surface area contributed by atoms with Crippen LogP contribution in [0.5, 0.6) is 0 Å². The predicted molar refractivity (Wildman–Crippen MR) is 131 cm³/mol. The third kappa shape index (κ3) is 3.95. The van der Waals surface area contributed by atoms with Crippen molar-refractivity contribution in [2.75, 3.05) is 0 Å². The van der Waals surface area contributed by atoms with Gasteiger partial charge in [0.1, 0.15) is 24.4 Å². The van der Waals surface area contributed by atoms with Crippen molar-refractivity contribution in [3.8, 4) is 0 Å². The van der Waals surface area contributed by atoms with E-state index in [4.69, 9.17) is 28.4 Å². The summed E-state index contributed by atoms with van der Waals surface area (Å²) in [7, 11) is 0. The molecule has 0 aromatic carbocycles. The minimum Gasteiger partial charge on any atom is -0.459 e. The van der Waals surface area contributed by atoms with Gasteiger partial charge in [0.25, 0.3) is 0 Å². The standard InChI is InChI=1S/C28H36O11/c1-8-9-18(32)36-17-12-26(6)22(38-26)23-28(27(7,39-28)24(33)37-23)21(35-15(4)30)19-13(2)16(31)10-11-25(19,5)20(17)34-14(3)29/h10-11,13,17,19-23H,8-9,12H2,1-7H3. The van der Waals surface area contributed by atoms with Crippen molar-refractivity contribution >= 4 is 29.7 Å². The fourth-order valence-corrected chi connectivity index (χ4v) is 7.28. The molecule has 5 rings (SSSR count). The Balaban J connectivity index is 1.73. The molecule has 2 aliphatic carbocycles. The number of hydrogen-bond donors (Lipinski definition) is 0. The van der Waals surface area contributed by atoms with Gasteiger partial charge in [0.2, 0.25) is 0 Å². The van der Waals surface area contributed by atoms with Gasteiger partial charge in [0, 0.05) is 43.9 Å². The van der Waals surface area contributed by atoms with Gasteiger partial charge in [-0.2, -0.15) is 0 Å². The van der Waals surface area contributed by atoms with Crippen molar-refractivity contribution in [3.05, 3.63) is 12.2 Å². The first kappa shape index (κ1) is 27.8. The molecule has 0 radical (unpaired) electrons. The topological polar surface area (TPSA) is 147 Å². The SMILES string of the molecule is CCCC(=O)OC1CC2(C)OC2C2OC(=O)C3(C)OC23C(OC(C)=O)C2C(C)C(=O)C=CC2(C)C1OC(C)=O. The molecule has 0 aromatic rings. The van der Waals surface area contributed by atoms with Gasteiger partial charge in [-0.3, -0.25) is 19.2 Å². The molecule has 3 aliphatic heterocycles. The number of esters is 4. The molecular weight excluding hydrogens is 512 g/mol. The van der Waals surface area contributed by atoms with E-state index in [1.54, 1.807) is 33.8 Å². The number of carbonyl (C=O) groups is 5. The summed E-state index contributed by atoms with van der Waals surface area (Å²) < 4.78 is 36.0. The lowest BCUT2D eigenvalue weighted by atomic mass is 9.56. The molecule has 11 heteroatoms. The molecule has 11 atom stereocenters. The van der Waals surface area contributed by atoms with E-state index >= 15 is 0 Å². The molecule has 4 fully saturated rings. The number of allylic oxidation sites excluding steroid dienone is 1. The molecule has 11 unspecified atom stereocenters. The molecule has 5 aliphatic rings. The largest absolute Gasteiger partial charge is 0.459 e. The normalized spacial score (nSPS) is 47.4. The van der Waals surface area contributed by atoms with Crippen molar-refractivity contribution in [1.29, 1.82) is 0 Å². The smallest absolute Gasteiger partial charge is 0.342 e. The quantitative estimate of drug-likeness (QED) is 0.282. The second-order valence-electron chi connectivity index (χ2n) is 12.1. The van der Waals surface area contributed by atoms with E-state index in [-0.39, 0.29) is 18.6 Å². The van der Waals surface area contributed by atoms with Crippen LogP contribution in [0.3, 0.4) is 0 Å². The fourth-order valence-electron chi connectivity index (χ4n) is 7.28. The van der Waals surface area contributed by atoms with Crippen molar-refractivity contribution in [2.45, 2.75) is 115 Å². The number of ketones is 1. The van der Waals surface area contributed by atoms with E-state index in [1.807, 2.05) is 6.92 Å². The average Bonchev–Trinajstić information content (AvgIpc) is 3.67. The van der Waals surface area contributed by atoms with Crippen LogP contribution in [0.1, 0.15) is 67.7 Å². The zero-order chi connectivity index (χ0) is 28.7. The van der Waals surface area contributed by atoms with Gasteiger partial charge < -0.3 is 28.4 Å². The van der Waals surface area contributed by atoms with Crippen LogP contribution in [0.2, 0.25) is 0 Å². The second-order valence-corrected chi connectivity index (χ2v) is 12.1. The first-order valence-corrected chi connectivity index (χ1v) is 13.5. The van der Waals surface area contributed by atoms with Gasteiger partial charge in [0.05, 0.1) is 5.60 Å². The molecular formula is C28H36O11. The third-order valence-corrected chi connectivity index (χ3v) is 9.28. The first-order valence-electron chi connectivity index (χ1n) is 13.5. The van der Waals surface area contributed by atoms with Gasteiger partial charge >= 0.3 is 23.9 Å². The number of fused-ring (bicyclic) bond motifs is 3. The number of ether oxygens (including phenoxy) is 6. The highest BCUT2D eigenvalue weighted by molar-refractivity contribution is 5.93. The Bertz CT molecular complexity index is 1160. The molecule has 0 bridgehead atoms. The molecule has 0 aromatic heterocycles. The highest BCUT2D eigenvalue weighted by Crippen LogP contribution is 2.68. The van der Waals surface area contributed by atoms with Crippen LogP contribution in [0.4, 0.5) is 0 Å². The van der Waals surface area contributed by atoms with Crippen LogP contribution in [0.15, 0.2) is 12.2 Å². The van der Waals surface area contributed by atoms with Crippen LogP contribution in [0, 0.1) is 17.3 Å². The molecule has 11 nitrogen and oxygen atoms in total. The second kappa shape index (κ2) is 8.86. The van der Waals surface area contributed by atoms with Crippen LogP contribution in [-0.2, 0) is 52.4 Å². The predicted octanol–water partition coefficient (Wildman–Crippen LogP) is 1.97. The Morgan fingerprint density at radius 1 is 1.00 bits per heavy atom. The lowest BCUT2D eigenvalue weighted by Crippen LogP contribution is -2.63. The average molecular weight is 549 g/mol. The zero-order valence-corrected chi connectivity index (χ0v) is 23.3. The van der Waals surface area contributed by atoms with Crippen molar-refractivity contribution in [1.82, 2.24) is 0 Å². The van der Waals surface area contributed by atoms with E-state index in [0.29, 0.717) is 6.42 Å². The number of hydrogen-bond acceptors (Lipinski definition) is 11. The van der Waals surface area contributed by atoms with E-state index in [1.165, 1.54) is 19.9 Å². The molecule has 1 spiro atoms. The summed E-state index contributed by atoms with van der Waals surface area (Å²) >= 11 is 0. The summed E-state index contributed by atoms with van der Waals surface area (Å²) in [5.41, 5.74) is -5.00. The van der Waals surface area contributed by atoms with Crippen LogP contribution >= 0.6 is 0 Å². The highest BCUT2D eigenvalue weighted by atomic mass is 16.8. The van der Waals surface area contributed by atoms with E-state index in [0.717, 1.165) is 0 Å². The highest BCUT2D eigenvalue weighted by Gasteiger charge is 2.91. The van der Waals surface area contributed by atoms with Gasteiger partial charge in [0.15, 0.2) is 23.1 Å². The maximum absolute atomic E-state index is 13.1. The first-order chi connectivity index (χ1) is 18.1. The fraction of sp³-hybridized carbons (Fsp3) is 0.750. The Kier molecular flexibility index (Phi) is 6.31. The monoisotopic (exact) mass is 548 g/mol. The number of rotatable bonds is 5. The van der Waals surface area contributed by atoms with E-state index < -0.39 is 88.5 Å². The maximum Gasteiger partial charge on any atom is 0.342 e.